The van der Waals surface area contributed by atoms with Crippen LogP contribution in [0.3, 0.4) is 0 Å². The van der Waals surface area contributed by atoms with Gasteiger partial charge in [-0.2, -0.15) is 0 Å². The Hall–Kier alpha value is -1.69. The molecule has 0 amide bonds. The third kappa shape index (κ3) is 1.21. The molecule has 0 radical (unpaired) electrons. The van der Waals surface area contributed by atoms with E-state index in [0.29, 0.717) is 5.76 Å². The molecule has 0 aromatic heterocycles. The van der Waals surface area contributed by atoms with E-state index in [-0.39, 0.29) is 6.42 Å². The maximum Gasteiger partial charge on any atom is 0.320 e. The van der Waals surface area contributed by atoms with Gasteiger partial charge in [0.1, 0.15) is 11.2 Å². The molecular weight excluding hydrogens is 220 g/mol. The Morgan fingerprint density at radius 2 is 2.24 bits per heavy atom. The highest BCUT2D eigenvalue weighted by atomic mass is 16.5. The molecule has 0 saturated carbocycles. The number of nitrogens with two attached hydrogens (primary N) is 1. The number of rotatable bonds is 1. The first-order chi connectivity index (χ1) is 7.79. The van der Waals surface area contributed by atoms with Crippen LogP contribution in [0, 0.1) is 5.41 Å². The quantitative estimate of drug-likeness (QED) is 0.501. The smallest absolute Gasteiger partial charge is 0.320 e. The third-order valence-electron chi connectivity index (χ3n) is 3.62. The van der Waals surface area contributed by atoms with E-state index >= 15 is 0 Å². The van der Waals surface area contributed by atoms with E-state index in [1.807, 2.05) is 0 Å². The lowest BCUT2D eigenvalue weighted by Crippen LogP contribution is -2.75. The van der Waals surface area contributed by atoms with Crippen LogP contribution in [0.25, 0.3) is 0 Å². The van der Waals surface area contributed by atoms with Crippen molar-refractivity contribution in [3.8, 4) is 0 Å². The highest BCUT2D eigenvalue weighted by Gasteiger charge is 2.65. The van der Waals surface area contributed by atoms with E-state index in [4.69, 9.17) is 10.5 Å². The Balaban J connectivity index is 2.61. The van der Waals surface area contributed by atoms with Crippen molar-refractivity contribution < 1.29 is 9.53 Å². The van der Waals surface area contributed by atoms with Gasteiger partial charge in [0.25, 0.3) is 0 Å². The van der Waals surface area contributed by atoms with Crippen LogP contribution in [0.1, 0.15) is 20.3 Å². The number of carbonyl (C=O) groups excluding carboxylic acids is 1. The first-order valence-electron chi connectivity index (χ1n) is 5.27. The maximum absolute atomic E-state index is 12.0. The van der Waals surface area contributed by atoms with Crippen LogP contribution in [0.15, 0.2) is 22.3 Å². The molecule has 92 valence electrons. The molecule has 6 heteroatoms. The summed E-state index contributed by atoms with van der Waals surface area (Å²) in [5, 5.41) is 3.01. The lowest BCUT2D eigenvalue weighted by Gasteiger charge is -2.50. The number of nitrogens with one attached hydrogen (secondary N) is 1. The van der Waals surface area contributed by atoms with Crippen molar-refractivity contribution in [2.75, 3.05) is 0 Å². The molecular formula is C11H16N4O2. The van der Waals surface area contributed by atoms with Crippen LogP contribution in [0.4, 0.5) is 0 Å². The largest absolute Gasteiger partial charge is 0.431 e. The molecule has 2 aliphatic rings. The molecule has 0 aromatic carbocycles. The third-order valence-corrected chi connectivity index (χ3v) is 3.62. The molecule has 0 aromatic rings. The number of hydrogen-bond acceptors (Lipinski definition) is 6. The van der Waals surface area contributed by atoms with Crippen LogP contribution in [0.5, 0.6) is 0 Å². The van der Waals surface area contributed by atoms with Gasteiger partial charge in [0, 0.05) is 0 Å². The van der Waals surface area contributed by atoms with E-state index in [1.54, 1.807) is 13.8 Å². The Bertz CT molecular complexity index is 443. The highest BCUT2D eigenvalue weighted by Crippen LogP contribution is 2.47. The summed E-state index contributed by atoms with van der Waals surface area (Å²) in [6.45, 7) is 10.5. The summed E-state index contributed by atoms with van der Waals surface area (Å²) >= 11 is 0. The molecule has 3 N–H and O–H groups in total. The number of carbonyl (C=O) groups is 1. The summed E-state index contributed by atoms with van der Waals surface area (Å²) in [5.74, 6) is -0.151. The van der Waals surface area contributed by atoms with Gasteiger partial charge in [0.05, 0.1) is 12.8 Å². The Labute approximate surface area is 99.6 Å². The standard InChI is InChI=1S/C11H16N4O2/c1-7-5-10(14-6-15-10)11(12,13-4)9(2,3)8(16)17-7/h6H,1,4-5,12H2,2-3H3,(H,14,15). The maximum atomic E-state index is 12.0. The second-order valence-corrected chi connectivity index (χ2v) is 4.92. The van der Waals surface area contributed by atoms with E-state index in [0.717, 1.165) is 0 Å². The van der Waals surface area contributed by atoms with Gasteiger partial charge in [-0.3, -0.25) is 9.79 Å². The summed E-state index contributed by atoms with van der Waals surface area (Å²) in [6.07, 6.45) is 1.81. The average molecular weight is 236 g/mol. The van der Waals surface area contributed by atoms with Crippen molar-refractivity contribution >= 4 is 19.0 Å². The minimum absolute atomic E-state index is 0.286. The van der Waals surface area contributed by atoms with Crippen molar-refractivity contribution in [1.29, 1.82) is 0 Å². The van der Waals surface area contributed by atoms with E-state index < -0.39 is 22.7 Å². The minimum Gasteiger partial charge on any atom is -0.431 e. The van der Waals surface area contributed by atoms with E-state index in [9.17, 15) is 4.79 Å². The van der Waals surface area contributed by atoms with Crippen LogP contribution in [-0.2, 0) is 9.53 Å². The van der Waals surface area contributed by atoms with Crippen molar-refractivity contribution in [2.24, 2.45) is 21.1 Å². The number of cyclic esters (lactones) is 1. The van der Waals surface area contributed by atoms with Gasteiger partial charge >= 0.3 is 5.97 Å². The molecule has 2 heterocycles. The van der Waals surface area contributed by atoms with E-state index in [1.165, 1.54) is 6.34 Å². The van der Waals surface area contributed by atoms with Crippen LogP contribution < -0.4 is 11.1 Å². The number of hydrogen-bond donors (Lipinski definition) is 2. The lowest BCUT2D eigenvalue weighted by molar-refractivity contribution is -0.152. The van der Waals surface area contributed by atoms with Gasteiger partial charge in [-0.1, -0.05) is 6.58 Å². The SMILES string of the molecule is C=NC1(N)C2(CC(=C)OC(=O)C1(C)C)N=CN2. The van der Waals surface area contributed by atoms with Crippen LogP contribution in [0.2, 0.25) is 0 Å². The number of ether oxygens (including phenoxy) is 1. The molecule has 1 fully saturated rings. The van der Waals surface area contributed by atoms with Gasteiger partial charge in [-0.15, -0.1) is 0 Å². The second-order valence-electron chi connectivity index (χ2n) is 4.92. The highest BCUT2D eigenvalue weighted by molar-refractivity contribution is 5.81. The fourth-order valence-corrected chi connectivity index (χ4v) is 2.24. The molecule has 0 bridgehead atoms. The fraction of sp³-hybridized carbons (Fsp3) is 0.545. The van der Waals surface area contributed by atoms with Crippen molar-refractivity contribution in [3.63, 3.8) is 0 Å². The minimum atomic E-state index is -1.29. The summed E-state index contributed by atoms with van der Waals surface area (Å²) in [4.78, 5) is 20.2. The number of esters is 1. The first-order valence-corrected chi connectivity index (χ1v) is 5.27. The van der Waals surface area contributed by atoms with Crippen molar-refractivity contribution in [1.82, 2.24) is 5.32 Å². The lowest BCUT2D eigenvalue weighted by atomic mass is 9.70. The Morgan fingerprint density at radius 3 is 2.65 bits per heavy atom. The molecule has 6 nitrogen and oxygen atoms in total. The Kier molecular flexibility index (Phi) is 2.19. The Morgan fingerprint density at radius 1 is 1.65 bits per heavy atom. The molecule has 0 aliphatic carbocycles. The predicted molar refractivity (Wildman–Crippen MR) is 64.5 cm³/mol. The molecule has 1 saturated heterocycles. The molecule has 2 aliphatic heterocycles. The summed E-state index contributed by atoms with van der Waals surface area (Å²) < 4.78 is 5.14. The van der Waals surface area contributed by atoms with E-state index in [2.05, 4.69) is 28.6 Å². The van der Waals surface area contributed by atoms with Crippen LogP contribution >= 0.6 is 0 Å². The zero-order valence-electron chi connectivity index (χ0n) is 9.99. The monoisotopic (exact) mass is 236 g/mol. The number of aliphatic imine (C=N–C) groups is 2. The zero-order chi connectivity index (χ0) is 12.9. The van der Waals surface area contributed by atoms with Gasteiger partial charge in [-0.25, -0.2) is 4.99 Å². The van der Waals surface area contributed by atoms with Crippen LogP contribution in [-0.4, -0.2) is 30.4 Å². The average Bonchev–Trinajstić information content (AvgIpc) is 2.26. The predicted octanol–water partition coefficient (Wildman–Crippen LogP) is 0.157. The zero-order valence-corrected chi connectivity index (χ0v) is 9.99. The van der Waals surface area contributed by atoms with Gasteiger partial charge in [0.15, 0.2) is 11.3 Å². The first kappa shape index (κ1) is 11.8. The number of nitrogens with zero attached hydrogens (tertiary/aromatic N) is 2. The summed E-state index contributed by atoms with van der Waals surface area (Å²) in [5.41, 5.74) is 3.04. The van der Waals surface area contributed by atoms with Crippen molar-refractivity contribution in [3.05, 3.63) is 12.3 Å². The molecule has 2 atom stereocenters. The van der Waals surface area contributed by atoms with Gasteiger partial charge in [0.2, 0.25) is 0 Å². The topological polar surface area (TPSA) is 89.1 Å². The second kappa shape index (κ2) is 3.16. The molecule has 2 rings (SSSR count). The molecule has 1 spiro atoms. The molecule has 2 unspecified atom stereocenters. The fourth-order valence-electron chi connectivity index (χ4n) is 2.24. The summed E-state index contributed by atoms with van der Waals surface area (Å²) in [7, 11) is 0. The summed E-state index contributed by atoms with van der Waals surface area (Å²) in [6, 6.07) is 0. The normalized spacial score (nSPS) is 39.0. The van der Waals surface area contributed by atoms with Crippen molar-refractivity contribution in [2.45, 2.75) is 31.6 Å². The van der Waals surface area contributed by atoms with Gasteiger partial charge in [-0.05, 0) is 20.6 Å². The van der Waals surface area contributed by atoms with Gasteiger partial charge < -0.3 is 15.8 Å². The molecule has 17 heavy (non-hydrogen) atoms.